The molecule has 0 radical (unpaired) electrons. The van der Waals surface area contributed by atoms with E-state index in [1.165, 1.54) is 18.2 Å². The largest absolute Gasteiger partial charge is 0.465 e. The summed E-state index contributed by atoms with van der Waals surface area (Å²) in [4.78, 5) is 13.8. The molecule has 2 rings (SSSR count). The number of ether oxygens (including phenoxy) is 1. The van der Waals surface area contributed by atoms with Crippen LogP contribution in [0, 0.1) is 6.92 Å². The monoisotopic (exact) mass is 284 g/mol. The number of rotatable bonds is 4. The van der Waals surface area contributed by atoms with Crippen molar-refractivity contribution in [3.63, 3.8) is 0 Å². The summed E-state index contributed by atoms with van der Waals surface area (Å²) in [5.41, 5.74) is 10.1. The number of hydrogen-bond acceptors (Lipinski definition) is 4. The van der Waals surface area contributed by atoms with Crippen molar-refractivity contribution in [3.8, 4) is 0 Å². The molecule has 0 amide bonds. The SMILES string of the molecule is COC(=O)c1cc(N(C)Cc2ccccc2C)ccc1N. The van der Waals surface area contributed by atoms with Gasteiger partial charge in [-0.15, -0.1) is 0 Å². The van der Waals surface area contributed by atoms with Crippen LogP contribution in [0.1, 0.15) is 21.5 Å². The van der Waals surface area contributed by atoms with Crippen molar-refractivity contribution < 1.29 is 9.53 Å². The maximum absolute atomic E-state index is 11.7. The zero-order valence-corrected chi connectivity index (χ0v) is 12.6. The van der Waals surface area contributed by atoms with Gasteiger partial charge in [-0.25, -0.2) is 4.79 Å². The lowest BCUT2D eigenvalue weighted by Gasteiger charge is -2.21. The minimum absolute atomic E-state index is 0.395. The molecule has 0 saturated carbocycles. The zero-order valence-electron chi connectivity index (χ0n) is 12.6. The maximum atomic E-state index is 11.7. The average Bonchev–Trinajstić information content (AvgIpc) is 2.49. The highest BCUT2D eigenvalue weighted by Gasteiger charge is 2.12. The van der Waals surface area contributed by atoms with Gasteiger partial charge in [0, 0.05) is 25.0 Å². The number of carbonyl (C=O) groups excluding carboxylic acids is 1. The van der Waals surface area contributed by atoms with Crippen LogP contribution < -0.4 is 10.6 Å². The third-order valence-electron chi connectivity index (χ3n) is 3.55. The van der Waals surface area contributed by atoms with Crippen LogP contribution in [0.2, 0.25) is 0 Å². The van der Waals surface area contributed by atoms with E-state index in [2.05, 4.69) is 24.0 Å². The fourth-order valence-electron chi connectivity index (χ4n) is 2.20. The van der Waals surface area contributed by atoms with Crippen LogP contribution in [-0.4, -0.2) is 20.1 Å². The van der Waals surface area contributed by atoms with Gasteiger partial charge in [0.15, 0.2) is 0 Å². The molecule has 0 unspecified atom stereocenters. The van der Waals surface area contributed by atoms with E-state index >= 15 is 0 Å². The lowest BCUT2D eigenvalue weighted by atomic mass is 10.1. The van der Waals surface area contributed by atoms with Crippen molar-refractivity contribution in [1.82, 2.24) is 0 Å². The molecular formula is C17H20N2O2. The van der Waals surface area contributed by atoms with Gasteiger partial charge in [0.2, 0.25) is 0 Å². The van der Waals surface area contributed by atoms with Crippen LogP contribution >= 0.6 is 0 Å². The fraction of sp³-hybridized carbons (Fsp3) is 0.235. The second-order valence-electron chi connectivity index (χ2n) is 5.05. The summed E-state index contributed by atoms with van der Waals surface area (Å²) in [5.74, 6) is -0.418. The van der Waals surface area contributed by atoms with Crippen LogP contribution in [0.15, 0.2) is 42.5 Å². The van der Waals surface area contributed by atoms with Crippen molar-refractivity contribution in [2.45, 2.75) is 13.5 Å². The molecule has 4 heteroatoms. The predicted molar refractivity (Wildman–Crippen MR) is 85.5 cm³/mol. The number of nitrogen functional groups attached to an aromatic ring is 1. The summed E-state index contributed by atoms with van der Waals surface area (Å²) in [7, 11) is 3.34. The molecule has 2 aromatic carbocycles. The molecule has 0 aliphatic heterocycles. The number of hydrogen-bond donors (Lipinski definition) is 1. The van der Waals surface area contributed by atoms with Gasteiger partial charge in [-0.3, -0.25) is 0 Å². The van der Waals surface area contributed by atoms with E-state index in [1.807, 2.05) is 25.2 Å². The Bertz CT molecular complexity index is 653. The van der Waals surface area contributed by atoms with Gasteiger partial charge < -0.3 is 15.4 Å². The topological polar surface area (TPSA) is 55.6 Å². The quantitative estimate of drug-likeness (QED) is 0.692. The van der Waals surface area contributed by atoms with Crippen molar-refractivity contribution in [2.24, 2.45) is 0 Å². The normalized spacial score (nSPS) is 10.2. The summed E-state index contributed by atoms with van der Waals surface area (Å²) >= 11 is 0. The van der Waals surface area contributed by atoms with Crippen LogP contribution in [0.25, 0.3) is 0 Å². The first kappa shape index (κ1) is 14.9. The molecule has 2 N–H and O–H groups in total. The van der Waals surface area contributed by atoms with E-state index in [0.717, 1.165) is 12.2 Å². The number of carbonyl (C=O) groups is 1. The zero-order chi connectivity index (χ0) is 15.4. The van der Waals surface area contributed by atoms with E-state index in [0.29, 0.717) is 11.3 Å². The smallest absolute Gasteiger partial charge is 0.340 e. The Kier molecular flexibility index (Phi) is 4.48. The molecule has 0 saturated heterocycles. The predicted octanol–water partition coefficient (Wildman–Crippen LogP) is 3.00. The first-order valence-electron chi connectivity index (χ1n) is 6.76. The Morgan fingerprint density at radius 3 is 2.62 bits per heavy atom. The van der Waals surface area contributed by atoms with Gasteiger partial charge in [-0.1, -0.05) is 24.3 Å². The lowest BCUT2D eigenvalue weighted by Crippen LogP contribution is -2.18. The number of nitrogens with zero attached hydrogens (tertiary/aromatic N) is 1. The molecule has 0 aliphatic rings. The molecule has 0 fully saturated rings. The number of esters is 1. The van der Waals surface area contributed by atoms with Gasteiger partial charge in [0.05, 0.1) is 12.7 Å². The Morgan fingerprint density at radius 2 is 1.95 bits per heavy atom. The van der Waals surface area contributed by atoms with Gasteiger partial charge in [0.1, 0.15) is 0 Å². The van der Waals surface area contributed by atoms with E-state index in [-0.39, 0.29) is 0 Å². The highest BCUT2D eigenvalue weighted by Crippen LogP contribution is 2.23. The Morgan fingerprint density at radius 1 is 1.24 bits per heavy atom. The van der Waals surface area contributed by atoms with Crippen molar-refractivity contribution in [1.29, 1.82) is 0 Å². The average molecular weight is 284 g/mol. The van der Waals surface area contributed by atoms with Crippen LogP contribution in [0.4, 0.5) is 11.4 Å². The second kappa shape index (κ2) is 6.31. The van der Waals surface area contributed by atoms with Gasteiger partial charge in [0.25, 0.3) is 0 Å². The molecule has 4 nitrogen and oxygen atoms in total. The van der Waals surface area contributed by atoms with Gasteiger partial charge in [-0.05, 0) is 36.2 Å². The minimum Gasteiger partial charge on any atom is -0.465 e. The van der Waals surface area contributed by atoms with Crippen LogP contribution in [0.5, 0.6) is 0 Å². The Balaban J connectivity index is 2.25. The highest BCUT2D eigenvalue weighted by atomic mass is 16.5. The number of anilines is 2. The number of benzene rings is 2. The van der Waals surface area contributed by atoms with E-state index in [4.69, 9.17) is 10.5 Å². The molecule has 0 atom stereocenters. The molecule has 0 aromatic heterocycles. The molecule has 21 heavy (non-hydrogen) atoms. The van der Waals surface area contributed by atoms with Crippen molar-refractivity contribution in [2.75, 3.05) is 24.8 Å². The molecule has 0 bridgehead atoms. The highest BCUT2D eigenvalue weighted by molar-refractivity contribution is 5.96. The minimum atomic E-state index is -0.418. The summed E-state index contributed by atoms with van der Waals surface area (Å²) < 4.78 is 4.75. The summed E-state index contributed by atoms with van der Waals surface area (Å²) in [5, 5.41) is 0. The molecule has 0 aliphatic carbocycles. The molecule has 0 spiro atoms. The second-order valence-corrected chi connectivity index (χ2v) is 5.05. The van der Waals surface area contributed by atoms with E-state index < -0.39 is 5.97 Å². The standard InChI is InChI=1S/C17H20N2O2/c1-12-6-4-5-7-13(12)11-19(2)14-8-9-16(18)15(10-14)17(20)21-3/h4-10H,11,18H2,1-3H3. The molecule has 2 aromatic rings. The van der Waals surface area contributed by atoms with Crippen molar-refractivity contribution in [3.05, 3.63) is 59.2 Å². The fourth-order valence-corrected chi connectivity index (χ4v) is 2.20. The molecule has 110 valence electrons. The number of methoxy groups -OCH3 is 1. The Hall–Kier alpha value is -2.49. The number of aryl methyl sites for hydroxylation is 1. The van der Waals surface area contributed by atoms with Gasteiger partial charge >= 0.3 is 5.97 Å². The van der Waals surface area contributed by atoms with Crippen LogP contribution in [0.3, 0.4) is 0 Å². The number of nitrogens with two attached hydrogens (primary N) is 1. The summed E-state index contributed by atoms with van der Waals surface area (Å²) in [6.07, 6.45) is 0. The lowest BCUT2D eigenvalue weighted by molar-refractivity contribution is 0.0602. The first-order valence-corrected chi connectivity index (χ1v) is 6.76. The van der Waals surface area contributed by atoms with Crippen molar-refractivity contribution >= 4 is 17.3 Å². The first-order chi connectivity index (χ1) is 10.0. The van der Waals surface area contributed by atoms with E-state index in [1.54, 1.807) is 12.1 Å². The summed E-state index contributed by atoms with van der Waals surface area (Å²) in [6.45, 7) is 2.85. The van der Waals surface area contributed by atoms with Gasteiger partial charge in [-0.2, -0.15) is 0 Å². The third-order valence-corrected chi connectivity index (χ3v) is 3.55. The summed E-state index contributed by atoms with van der Waals surface area (Å²) in [6, 6.07) is 13.6. The van der Waals surface area contributed by atoms with E-state index in [9.17, 15) is 4.79 Å². The Labute approximate surface area is 125 Å². The molecule has 0 heterocycles. The molecular weight excluding hydrogens is 264 g/mol. The third kappa shape index (κ3) is 3.34. The van der Waals surface area contributed by atoms with Crippen LogP contribution in [-0.2, 0) is 11.3 Å². The maximum Gasteiger partial charge on any atom is 0.340 e.